The molecule has 3 aromatic rings. The first kappa shape index (κ1) is 27.1. The Bertz CT molecular complexity index is 1280. The second kappa shape index (κ2) is 11.6. The van der Waals surface area contributed by atoms with E-state index < -0.39 is 23.3 Å². The number of hydrogen-bond acceptors (Lipinski definition) is 8. The molecule has 1 fully saturated rings. The Morgan fingerprint density at radius 2 is 1.74 bits per heavy atom. The molecule has 4 rings (SSSR count). The molecule has 0 saturated carbocycles. The van der Waals surface area contributed by atoms with Crippen molar-refractivity contribution in [2.24, 2.45) is 5.73 Å². The molecule has 0 spiro atoms. The van der Waals surface area contributed by atoms with Crippen LogP contribution in [0.5, 0.6) is 11.8 Å². The first-order valence-electron chi connectivity index (χ1n) is 12.3. The zero-order valence-electron chi connectivity index (χ0n) is 21.2. The maximum atomic E-state index is 13.7. The number of piperazine rings is 1. The highest BCUT2D eigenvalue weighted by Crippen LogP contribution is 2.33. The fourth-order valence-corrected chi connectivity index (χ4v) is 4.30. The van der Waals surface area contributed by atoms with Crippen LogP contribution < -0.4 is 20.1 Å². The summed E-state index contributed by atoms with van der Waals surface area (Å²) in [7, 11) is 0. The number of ether oxygens (including phenoxy) is 2. The number of nitrogens with zero attached hydrogens (tertiary/aromatic N) is 5. The minimum atomic E-state index is -4.79. The predicted octanol–water partition coefficient (Wildman–Crippen LogP) is 3.78. The van der Waals surface area contributed by atoms with Crippen LogP contribution in [0.1, 0.15) is 35.6 Å². The van der Waals surface area contributed by atoms with Crippen LogP contribution in [0, 0.1) is 0 Å². The van der Waals surface area contributed by atoms with Crippen LogP contribution in [0.15, 0.2) is 42.6 Å². The van der Waals surface area contributed by atoms with Gasteiger partial charge in [0.25, 0.3) is 5.91 Å². The van der Waals surface area contributed by atoms with E-state index in [0.29, 0.717) is 37.0 Å². The normalized spacial score (nSPS) is 13.9. The van der Waals surface area contributed by atoms with Gasteiger partial charge in [0.2, 0.25) is 11.8 Å². The molecule has 1 aliphatic rings. The van der Waals surface area contributed by atoms with E-state index in [1.165, 1.54) is 11.0 Å². The highest BCUT2D eigenvalue weighted by molar-refractivity contribution is 5.95. The van der Waals surface area contributed by atoms with E-state index >= 15 is 0 Å². The largest absolute Gasteiger partial charge is 0.478 e. The van der Waals surface area contributed by atoms with E-state index in [2.05, 4.69) is 9.97 Å². The van der Waals surface area contributed by atoms with Gasteiger partial charge in [0, 0.05) is 45.0 Å². The topological polar surface area (TPSA) is 107 Å². The standard InChI is InChI=1S/C26H29F3N6O3/c1-3-37-22-10-7-18(23(33-22)26(27,28)29)25(36)35-14-12-34(13-15-35)21-9-8-19(32-20(21)16-30)17-6-5-11-31-24(17)38-4-2/h5-11H,3-4,12-16,30H2,1-2H3. The number of pyridine rings is 3. The quantitative estimate of drug-likeness (QED) is 0.469. The number of rotatable bonds is 8. The lowest BCUT2D eigenvalue weighted by Crippen LogP contribution is -2.49. The molecular weight excluding hydrogens is 501 g/mol. The number of carbonyl (C=O) groups excluding carboxylic acids is 1. The van der Waals surface area contributed by atoms with Crippen LogP contribution in [0.25, 0.3) is 11.3 Å². The van der Waals surface area contributed by atoms with E-state index in [1.807, 2.05) is 30.0 Å². The Morgan fingerprint density at radius 3 is 2.39 bits per heavy atom. The smallest absolute Gasteiger partial charge is 0.434 e. The predicted molar refractivity (Wildman–Crippen MR) is 135 cm³/mol. The van der Waals surface area contributed by atoms with Gasteiger partial charge in [0.15, 0.2) is 5.69 Å². The molecule has 12 heteroatoms. The van der Waals surface area contributed by atoms with Crippen molar-refractivity contribution < 1.29 is 27.4 Å². The molecule has 0 bridgehead atoms. The average Bonchev–Trinajstić information content (AvgIpc) is 2.92. The van der Waals surface area contributed by atoms with Gasteiger partial charge >= 0.3 is 6.18 Å². The van der Waals surface area contributed by atoms with Gasteiger partial charge in [0.05, 0.1) is 41.4 Å². The van der Waals surface area contributed by atoms with E-state index in [-0.39, 0.29) is 32.1 Å². The van der Waals surface area contributed by atoms with Crippen LogP contribution in [0.4, 0.5) is 18.9 Å². The van der Waals surface area contributed by atoms with E-state index in [4.69, 9.17) is 20.2 Å². The summed E-state index contributed by atoms with van der Waals surface area (Å²) in [5.41, 5.74) is 7.16. The van der Waals surface area contributed by atoms with Crippen LogP contribution >= 0.6 is 0 Å². The summed E-state index contributed by atoms with van der Waals surface area (Å²) in [5, 5.41) is 0. The molecule has 0 radical (unpaired) electrons. The summed E-state index contributed by atoms with van der Waals surface area (Å²) >= 11 is 0. The third kappa shape index (κ3) is 5.80. The summed E-state index contributed by atoms with van der Waals surface area (Å²) in [6, 6.07) is 9.84. The summed E-state index contributed by atoms with van der Waals surface area (Å²) in [6.45, 7) is 5.59. The second-order valence-electron chi connectivity index (χ2n) is 8.41. The van der Waals surface area contributed by atoms with Gasteiger partial charge in [-0.25, -0.2) is 15.0 Å². The monoisotopic (exact) mass is 530 g/mol. The fraction of sp³-hybridized carbons (Fsp3) is 0.385. The molecule has 1 saturated heterocycles. The number of amides is 1. The SMILES string of the molecule is CCOc1ccc(C(=O)N2CCN(c3ccc(-c4cccnc4OCC)nc3CN)CC2)c(C(F)(F)F)n1. The number of alkyl halides is 3. The Morgan fingerprint density at radius 1 is 1.00 bits per heavy atom. The summed E-state index contributed by atoms with van der Waals surface area (Å²) < 4.78 is 51.7. The van der Waals surface area contributed by atoms with Crippen molar-refractivity contribution in [2.75, 3.05) is 44.3 Å². The van der Waals surface area contributed by atoms with E-state index in [9.17, 15) is 18.0 Å². The highest BCUT2D eigenvalue weighted by atomic mass is 19.4. The third-order valence-corrected chi connectivity index (χ3v) is 6.04. The molecule has 4 heterocycles. The first-order chi connectivity index (χ1) is 18.3. The molecular formula is C26H29F3N6O3. The van der Waals surface area contributed by atoms with Crippen molar-refractivity contribution >= 4 is 11.6 Å². The molecule has 38 heavy (non-hydrogen) atoms. The van der Waals surface area contributed by atoms with Gasteiger partial charge in [-0.1, -0.05) is 0 Å². The Kier molecular flexibility index (Phi) is 8.30. The number of anilines is 1. The third-order valence-electron chi connectivity index (χ3n) is 6.04. The van der Waals surface area contributed by atoms with Crippen molar-refractivity contribution in [3.05, 3.63) is 59.5 Å². The number of carbonyl (C=O) groups is 1. The van der Waals surface area contributed by atoms with Crippen LogP contribution in [0.3, 0.4) is 0 Å². The Labute approximate surface area is 218 Å². The lowest BCUT2D eigenvalue weighted by atomic mass is 10.1. The molecule has 0 atom stereocenters. The maximum absolute atomic E-state index is 13.7. The van der Waals surface area contributed by atoms with Gasteiger partial charge in [-0.2, -0.15) is 13.2 Å². The molecule has 0 aliphatic carbocycles. The minimum Gasteiger partial charge on any atom is -0.478 e. The number of aromatic nitrogens is 3. The summed E-state index contributed by atoms with van der Waals surface area (Å²) in [6.07, 6.45) is -3.14. The van der Waals surface area contributed by atoms with Crippen molar-refractivity contribution in [2.45, 2.75) is 26.6 Å². The van der Waals surface area contributed by atoms with E-state index in [0.717, 1.165) is 17.3 Å². The minimum absolute atomic E-state index is 0.163. The molecule has 9 nitrogen and oxygen atoms in total. The zero-order valence-corrected chi connectivity index (χ0v) is 21.2. The molecule has 2 N–H and O–H groups in total. The zero-order chi connectivity index (χ0) is 27.3. The summed E-state index contributed by atoms with van der Waals surface area (Å²) in [5.74, 6) is -0.418. The molecule has 3 aromatic heterocycles. The van der Waals surface area contributed by atoms with Gasteiger partial charge in [-0.05, 0) is 44.2 Å². The van der Waals surface area contributed by atoms with Gasteiger partial charge in [0.1, 0.15) is 0 Å². The van der Waals surface area contributed by atoms with Gasteiger partial charge < -0.3 is 25.0 Å². The molecule has 1 amide bonds. The highest BCUT2D eigenvalue weighted by Gasteiger charge is 2.39. The maximum Gasteiger partial charge on any atom is 0.434 e. The molecule has 0 unspecified atom stereocenters. The number of halogens is 3. The van der Waals surface area contributed by atoms with Crippen molar-refractivity contribution in [1.29, 1.82) is 0 Å². The number of nitrogens with two attached hydrogens (primary N) is 1. The second-order valence-corrected chi connectivity index (χ2v) is 8.41. The number of hydrogen-bond donors (Lipinski definition) is 1. The average molecular weight is 531 g/mol. The molecule has 0 aromatic carbocycles. The summed E-state index contributed by atoms with van der Waals surface area (Å²) in [4.78, 5) is 29.0. The van der Waals surface area contributed by atoms with Crippen LogP contribution in [-0.2, 0) is 12.7 Å². The van der Waals surface area contributed by atoms with Crippen molar-refractivity contribution in [3.8, 4) is 23.0 Å². The van der Waals surface area contributed by atoms with Crippen LogP contribution in [-0.4, -0.2) is 65.2 Å². The van der Waals surface area contributed by atoms with Crippen molar-refractivity contribution in [3.63, 3.8) is 0 Å². The lowest BCUT2D eigenvalue weighted by molar-refractivity contribution is -0.141. The lowest BCUT2D eigenvalue weighted by Gasteiger charge is -2.37. The van der Waals surface area contributed by atoms with Gasteiger partial charge in [-0.15, -0.1) is 0 Å². The molecule has 202 valence electrons. The fourth-order valence-electron chi connectivity index (χ4n) is 4.30. The van der Waals surface area contributed by atoms with E-state index in [1.54, 1.807) is 19.2 Å². The Balaban J connectivity index is 1.51. The van der Waals surface area contributed by atoms with Crippen molar-refractivity contribution in [1.82, 2.24) is 19.9 Å². The van der Waals surface area contributed by atoms with Gasteiger partial charge in [-0.3, -0.25) is 4.79 Å². The Hall–Kier alpha value is -3.93. The van der Waals surface area contributed by atoms with Crippen LogP contribution in [0.2, 0.25) is 0 Å². The first-order valence-corrected chi connectivity index (χ1v) is 12.3. The molecule has 1 aliphatic heterocycles.